The number of ether oxygens (including phenoxy) is 2. The molecule has 0 aliphatic carbocycles. The normalized spacial score (nSPS) is 11.0. The summed E-state index contributed by atoms with van der Waals surface area (Å²) in [6.07, 6.45) is 28.4. The van der Waals surface area contributed by atoms with Crippen LogP contribution >= 0.6 is 57.8 Å². The van der Waals surface area contributed by atoms with Crippen LogP contribution < -0.4 is 57.1 Å². The maximum Gasteiger partial charge on any atom is 1.00 e. The van der Waals surface area contributed by atoms with Crippen LogP contribution in [0.25, 0.3) is 24.3 Å². The minimum atomic E-state index is -1.67. The van der Waals surface area contributed by atoms with Gasteiger partial charge in [-0.2, -0.15) is 0 Å². The molecule has 0 radical (unpaired) electrons. The molecule has 0 spiro atoms. The smallest absolute Gasteiger partial charge is 0.870 e. The van der Waals surface area contributed by atoms with Crippen molar-refractivity contribution in [1.82, 2.24) is 44.8 Å². The number of alkyl halides is 1. The van der Waals surface area contributed by atoms with Crippen molar-refractivity contribution in [3.8, 4) is 0 Å². The molecule has 0 aromatic carbocycles. The molecule has 0 aliphatic rings. The maximum absolute atomic E-state index is 11.7. The molecule has 4 rings (SSSR count). The number of H-pyrrole nitrogens is 4. The molecule has 9 N–H and O–H groups in total. The van der Waals surface area contributed by atoms with Crippen LogP contribution in [0.4, 0.5) is 4.39 Å². The molecule has 0 bridgehead atoms. The molecule has 0 saturated carbocycles. The van der Waals surface area contributed by atoms with Crippen molar-refractivity contribution in [3.05, 3.63) is 97.2 Å². The summed E-state index contributed by atoms with van der Waals surface area (Å²) in [5, 5.41) is 16.6. The Morgan fingerprint density at radius 3 is 1.21 bits per heavy atom. The summed E-state index contributed by atoms with van der Waals surface area (Å²) < 4.78 is 33.7. The van der Waals surface area contributed by atoms with Crippen LogP contribution in [0.1, 0.15) is 117 Å². The van der Waals surface area contributed by atoms with Crippen LogP contribution in [-0.2, 0) is 52.3 Å². The third-order valence-corrected chi connectivity index (χ3v) is 9.40. The van der Waals surface area contributed by atoms with Crippen LogP contribution in [0.2, 0.25) is 0 Å². The van der Waals surface area contributed by atoms with Crippen molar-refractivity contribution >= 4 is 132 Å². The summed E-state index contributed by atoms with van der Waals surface area (Å²) in [6, 6.07) is -0.431. The number of nitrogens with two attached hydrogens (primary N) is 1. The Hall–Kier alpha value is -4.26. The number of esters is 2. The van der Waals surface area contributed by atoms with E-state index in [0.717, 1.165) is 42.4 Å². The molecule has 0 saturated heterocycles. The topological polar surface area (TPSA) is 369 Å². The average molecular weight is 1300 g/mol. The number of methoxy groups -OCH3 is 2. The number of allylic oxidation sites excluding steroid dienone is 3. The first-order valence-electron chi connectivity index (χ1n) is 24.4. The summed E-state index contributed by atoms with van der Waals surface area (Å²) in [5.41, 5.74) is 8.29. The first kappa shape index (κ1) is 90.5. The molecule has 23 nitrogen and oxygen atoms in total. The molecule has 4 heterocycles. The number of carbonyl (C=O) groups is 7. The van der Waals surface area contributed by atoms with Gasteiger partial charge >= 0.3 is 75.3 Å². The van der Waals surface area contributed by atoms with Crippen molar-refractivity contribution in [1.29, 1.82) is 0 Å². The van der Waals surface area contributed by atoms with Crippen molar-refractivity contribution in [3.63, 3.8) is 0 Å². The number of hydrogen-bond donors (Lipinski definition) is 7. The second-order valence-electron chi connectivity index (χ2n) is 14.9. The zero-order chi connectivity index (χ0) is 60.1. The fourth-order valence-corrected chi connectivity index (χ4v) is 5.53. The van der Waals surface area contributed by atoms with Gasteiger partial charge in [0.25, 0.3) is 0 Å². The number of aromatic amines is 4. The van der Waals surface area contributed by atoms with Gasteiger partial charge in [0.05, 0.1) is 107 Å². The summed E-state index contributed by atoms with van der Waals surface area (Å²) in [4.78, 5) is 105. The first-order chi connectivity index (χ1) is 37.1. The predicted octanol–water partition coefficient (Wildman–Crippen LogP) is 6.48. The zero-order valence-electron chi connectivity index (χ0n) is 47.9. The largest absolute Gasteiger partial charge is 1.00 e. The molecule has 0 amide bonds. The molecular formula is C50H79Cl5FKN10O13S. The molecule has 81 heavy (non-hydrogen) atoms. The number of carbonyl (C=O) groups excluding carboxylic acids is 5. The minimum absolute atomic E-state index is 0. The molecule has 3 atom stereocenters. The van der Waals surface area contributed by atoms with E-state index < -0.39 is 45.5 Å². The molecule has 3 unspecified atom stereocenters. The van der Waals surface area contributed by atoms with Crippen LogP contribution in [-0.4, -0.2) is 152 Å². The van der Waals surface area contributed by atoms with E-state index >= 15 is 0 Å². The van der Waals surface area contributed by atoms with Crippen molar-refractivity contribution in [2.45, 2.75) is 99.0 Å². The van der Waals surface area contributed by atoms with Crippen molar-refractivity contribution < 1.29 is 120 Å². The minimum Gasteiger partial charge on any atom is -0.870 e. The van der Waals surface area contributed by atoms with Gasteiger partial charge in [-0.25, -0.2) is 28.9 Å². The number of aromatic nitrogens is 8. The van der Waals surface area contributed by atoms with E-state index in [9.17, 15) is 38.0 Å². The third-order valence-electron chi connectivity index (χ3n) is 9.27. The predicted molar refractivity (Wildman–Crippen MR) is 316 cm³/mol. The van der Waals surface area contributed by atoms with Gasteiger partial charge in [0.1, 0.15) is 6.04 Å². The fraction of sp³-hybridized carbons (Fsp3) is 0.460. The van der Waals surface area contributed by atoms with Crippen LogP contribution in [0.15, 0.2) is 74.4 Å². The second-order valence-corrected chi connectivity index (χ2v) is 17.8. The number of hydrogen-bond acceptors (Lipinski definition) is 17. The van der Waals surface area contributed by atoms with Gasteiger partial charge in [0.2, 0.25) is 14.5 Å². The number of halogens is 6. The Morgan fingerprint density at radius 1 is 0.654 bits per heavy atom. The number of rotatable bonds is 24. The van der Waals surface area contributed by atoms with Crippen molar-refractivity contribution in [2.24, 2.45) is 17.6 Å². The van der Waals surface area contributed by atoms with E-state index in [-0.39, 0.29) is 124 Å². The Kier molecular flexibility index (Phi) is 72.5. The molecule has 0 aliphatic heterocycles. The van der Waals surface area contributed by atoms with Gasteiger partial charge < -0.3 is 55.7 Å². The number of nitrogens with one attached hydrogen (secondary N) is 4. The standard InChI is InChI=1S/C13H18N2O3.C12H16N2O3.C6H5ClN2O.C6H6N2O2.C6H13NO2.C6H15N.CH3F.Cl2OS.2ClH.K.H2O/c1-3-4-10(13(17)18-2)7-12(16)6-5-11-8-14-9-15-11;1-2-3-9(12(16)17)6-11(15)5-4-10-7-13-8-14-10;7-6(10)2-1-5-3-8-4-9-5;9-6(10)2-1-5-3-7-4-8-5;1-3-4-5(7)6(8)9-2;1-4-7(5-2)6-3;1-2;1-4(2)3;;;;/h5-6,8-10H,3-4,7H2,1-2H3,(H,14,15);4-5,7-9H,2-3,6H2,1H3,(H,13,14)(H,16,17);1-4H,(H,8,9);1-4H,(H,7,8)(H,9,10);5H,3-4,7H2,1-2H3;4-6H2,1-3H3;1H3;;2*1H;;1H2/q;;;;;;;;;;+1;/p-1/b6-5+;5-4+;2*2-1+;;;;;;;;/i;;;;;;1D;;;;;. The van der Waals surface area contributed by atoms with Crippen LogP contribution in [0.5, 0.6) is 0 Å². The number of ketones is 2. The monoisotopic (exact) mass is 1290 g/mol. The van der Waals surface area contributed by atoms with Crippen molar-refractivity contribution in [2.75, 3.05) is 41.0 Å². The van der Waals surface area contributed by atoms with Gasteiger partial charge in [0.15, 0.2) is 11.6 Å². The second kappa shape index (κ2) is 64.9. The van der Waals surface area contributed by atoms with Gasteiger partial charge in [-0.3, -0.25) is 33.2 Å². The van der Waals surface area contributed by atoms with E-state index in [1.165, 1.54) is 77.1 Å². The molecule has 31 heteroatoms. The molecular weight excluding hydrogens is 1220 g/mol. The third kappa shape index (κ3) is 60.2. The van der Waals surface area contributed by atoms with Gasteiger partial charge in [-0.1, -0.05) is 60.8 Å². The SMILES string of the molecule is CCCC(CC(=O)/C=C/c1cnc[nH]1)C(=O)O.CCCC(CC(=O)/C=C/c1cnc[nH]1)C(=O)OC.CCCC(N)C(=O)OC.CCN(CC)CC.Cl.Cl.O=C(Cl)/C=C/c1cnc[nH]1.O=C(O)/C=C/c1cnc[nH]1.O=S(Cl)Cl.[2H]CF.[K+].[OH-]. The average Bonchev–Trinajstić information content (AvgIpc) is 4.28. The quantitative estimate of drug-likeness (QED) is 0.0171. The number of carboxylic acid groups (broad SMARTS) is 2. The number of nitrogens with zero attached hydrogens (tertiary/aromatic N) is 5. The van der Waals surface area contributed by atoms with E-state index in [1.54, 1.807) is 49.3 Å². The maximum atomic E-state index is 11.7. The van der Waals surface area contributed by atoms with E-state index in [2.05, 4.69) is 96.4 Å². The number of imidazole rings is 4. The van der Waals surface area contributed by atoms with E-state index in [1.807, 2.05) is 20.8 Å². The van der Waals surface area contributed by atoms with E-state index in [4.69, 9.17) is 33.1 Å². The Balaban J connectivity index is -0.000000132. The summed E-state index contributed by atoms with van der Waals surface area (Å²) in [6.45, 7) is 16.0. The molecule has 4 aromatic heterocycles. The number of carboxylic acids is 2. The van der Waals surface area contributed by atoms with Gasteiger partial charge in [-0.15, -0.1) is 24.8 Å². The number of aliphatic carboxylic acids is 2. The van der Waals surface area contributed by atoms with E-state index in [0.29, 0.717) is 25.0 Å². The van der Waals surface area contributed by atoms with Gasteiger partial charge in [0, 0.05) is 40.3 Å². The Labute approximate surface area is 546 Å². The summed E-state index contributed by atoms with van der Waals surface area (Å²) in [5.74, 6) is -3.71. The summed E-state index contributed by atoms with van der Waals surface area (Å²) in [7, 11) is 9.05. The fourth-order valence-electron chi connectivity index (χ4n) is 5.47. The Bertz CT molecular complexity index is 2240. The first-order valence-corrected chi connectivity index (χ1v) is 26.9. The van der Waals surface area contributed by atoms with Crippen LogP contribution in [0.3, 0.4) is 0 Å². The molecule has 456 valence electrons. The summed E-state index contributed by atoms with van der Waals surface area (Å²) >= 11 is 5.03. The molecule has 0 fully saturated rings. The zero-order valence-corrected chi connectivity index (χ0v) is 54.8. The van der Waals surface area contributed by atoms with Gasteiger partial charge in [-0.05, 0) is 93.0 Å². The van der Waals surface area contributed by atoms with Crippen LogP contribution in [0, 0.1) is 11.8 Å². The molecule has 4 aromatic rings. The Morgan fingerprint density at radius 2 is 0.963 bits per heavy atom.